The molecule has 2 aliphatic rings. The molecule has 1 unspecified atom stereocenters. The number of amides is 4. The summed E-state index contributed by atoms with van der Waals surface area (Å²) in [6.07, 6.45) is 5.82. The van der Waals surface area contributed by atoms with Crippen LogP contribution in [0.25, 0.3) is 0 Å². The second-order valence-electron chi connectivity index (χ2n) is 9.08. The Labute approximate surface area is 199 Å². The number of urea groups is 1. The summed E-state index contributed by atoms with van der Waals surface area (Å²) in [4.78, 5) is 47.2. The number of carbonyl (C=O) groups excluding carboxylic acids is 3. The predicted molar refractivity (Wildman–Crippen MR) is 129 cm³/mol. The van der Waals surface area contributed by atoms with Gasteiger partial charge in [-0.05, 0) is 68.9 Å². The molecule has 9 nitrogen and oxygen atoms in total. The van der Waals surface area contributed by atoms with Gasteiger partial charge in [-0.25, -0.2) is 4.79 Å². The van der Waals surface area contributed by atoms with Crippen molar-refractivity contribution in [1.82, 2.24) is 20.1 Å². The number of rotatable bonds is 4. The van der Waals surface area contributed by atoms with Crippen LogP contribution in [0.2, 0.25) is 0 Å². The topological polar surface area (TPSA) is 121 Å². The molecule has 2 aromatic rings. The second-order valence-corrected chi connectivity index (χ2v) is 9.08. The lowest BCUT2D eigenvalue weighted by Gasteiger charge is -2.43. The van der Waals surface area contributed by atoms with E-state index >= 15 is 0 Å². The first kappa shape index (κ1) is 23.7. The van der Waals surface area contributed by atoms with Crippen LogP contribution >= 0.6 is 0 Å². The molecule has 4 amide bonds. The highest BCUT2D eigenvalue weighted by Gasteiger charge is 2.41. The minimum atomic E-state index is -1.05. The van der Waals surface area contributed by atoms with E-state index in [2.05, 4.69) is 15.6 Å². The van der Waals surface area contributed by atoms with E-state index < -0.39 is 12.2 Å². The fraction of sp³-hybridized carbons (Fsp3) is 0.440. The molecule has 180 valence electrons. The average Bonchev–Trinajstić information content (AvgIpc) is 2.85. The van der Waals surface area contributed by atoms with Gasteiger partial charge in [0.25, 0.3) is 11.8 Å². The molecule has 4 N–H and O–H groups in total. The monoisotopic (exact) mass is 464 g/mol. The molecule has 1 aliphatic heterocycles. The molecular weight excluding hydrogens is 432 g/mol. The highest BCUT2D eigenvalue weighted by atomic mass is 16.2. The lowest BCUT2D eigenvalue weighted by atomic mass is 9.91. The number of nitrogens with zero attached hydrogens (tertiary/aromatic N) is 3. The number of aromatic nitrogens is 1. The zero-order chi connectivity index (χ0) is 24.1. The van der Waals surface area contributed by atoms with Gasteiger partial charge in [-0.1, -0.05) is 12.1 Å². The van der Waals surface area contributed by atoms with Crippen LogP contribution in [-0.4, -0.2) is 64.0 Å². The third-order valence-corrected chi connectivity index (χ3v) is 6.44. The van der Waals surface area contributed by atoms with Crippen molar-refractivity contribution in [3.63, 3.8) is 0 Å². The van der Waals surface area contributed by atoms with Crippen LogP contribution in [-0.2, 0) is 4.79 Å². The Balaban J connectivity index is 1.58. The summed E-state index contributed by atoms with van der Waals surface area (Å²) in [6, 6.07) is 10.5. The van der Waals surface area contributed by atoms with Crippen LogP contribution in [0.15, 0.2) is 48.8 Å². The van der Waals surface area contributed by atoms with E-state index in [9.17, 15) is 14.4 Å². The van der Waals surface area contributed by atoms with Gasteiger partial charge in [0.15, 0.2) is 6.17 Å². The average molecular weight is 465 g/mol. The van der Waals surface area contributed by atoms with Gasteiger partial charge in [-0.2, -0.15) is 0 Å². The number of anilines is 1. The van der Waals surface area contributed by atoms with Gasteiger partial charge in [0.05, 0.1) is 5.56 Å². The van der Waals surface area contributed by atoms with Crippen molar-refractivity contribution >= 4 is 23.5 Å². The zero-order valence-corrected chi connectivity index (χ0v) is 19.4. The maximum absolute atomic E-state index is 13.5. The Morgan fingerprint density at radius 1 is 1.03 bits per heavy atom. The van der Waals surface area contributed by atoms with Gasteiger partial charge in [0, 0.05) is 43.3 Å². The van der Waals surface area contributed by atoms with Crippen molar-refractivity contribution < 1.29 is 14.4 Å². The number of hydrogen-bond donors (Lipinski definition) is 3. The Hall–Kier alpha value is -3.46. The van der Waals surface area contributed by atoms with Crippen molar-refractivity contribution in [2.24, 2.45) is 5.73 Å². The van der Waals surface area contributed by atoms with E-state index in [4.69, 9.17) is 5.73 Å². The van der Waals surface area contributed by atoms with Gasteiger partial charge >= 0.3 is 6.03 Å². The van der Waals surface area contributed by atoms with Crippen LogP contribution in [0.3, 0.4) is 0 Å². The molecule has 0 radical (unpaired) electrons. The first-order valence-electron chi connectivity index (χ1n) is 11.8. The smallest absolute Gasteiger partial charge is 0.323 e. The summed E-state index contributed by atoms with van der Waals surface area (Å²) in [7, 11) is 0. The Morgan fingerprint density at radius 3 is 2.50 bits per heavy atom. The molecule has 1 saturated heterocycles. The lowest BCUT2D eigenvalue weighted by Crippen LogP contribution is -2.65. The Morgan fingerprint density at radius 2 is 1.79 bits per heavy atom. The van der Waals surface area contributed by atoms with E-state index in [1.165, 1.54) is 16.0 Å². The van der Waals surface area contributed by atoms with Crippen LogP contribution in [0.5, 0.6) is 0 Å². The normalized spacial score (nSPS) is 22.7. The summed E-state index contributed by atoms with van der Waals surface area (Å²) < 4.78 is 0. The third-order valence-electron chi connectivity index (χ3n) is 6.44. The molecule has 0 bridgehead atoms. The van der Waals surface area contributed by atoms with Gasteiger partial charge in [-0.15, -0.1) is 0 Å². The number of nitrogens with two attached hydrogens (primary N) is 1. The van der Waals surface area contributed by atoms with Crippen LogP contribution in [0, 0.1) is 6.92 Å². The molecule has 1 aromatic heterocycles. The summed E-state index contributed by atoms with van der Waals surface area (Å²) in [5, 5.41) is 5.96. The van der Waals surface area contributed by atoms with E-state index in [1.807, 2.05) is 25.1 Å². The van der Waals surface area contributed by atoms with E-state index in [1.54, 1.807) is 24.4 Å². The lowest BCUT2D eigenvalue weighted by molar-refractivity contribution is -0.133. The molecule has 2 fully saturated rings. The maximum Gasteiger partial charge on any atom is 0.323 e. The molecule has 1 aliphatic carbocycles. The molecular formula is C25H32N6O3. The highest BCUT2D eigenvalue weighted by molar-refractivity contribution is 6.00. The number of carbonyl (C=O) groups is 3. The predicted octanol–water partition coefficient (Wildman–Crippen LogP) is 2.48. The first-order chi connectivity index (χ1) is 16.4. The van der Waals surface area contributed by atoms with Crippen molar-refractivity contribution in [2.75, 3.05) is 18.4 Å². The van der Waals surface area contributed by atoms with Crippen molar-refractivity contribution in [3.05, 3.63) is 59.9 Å². The standard InChI is InChI=1S/C25H32N6O3/c1-17-5-2-7-21(15-17)29-25(34)31-14-4-13-30(24(33)18-6-3-12-27-16-18)23(31)22(32)28-20-10-8-19(26)9-11-20/h2-3,5-7,12,15-16,19-20,23H,4,8-11,13-14,26H2,1H3,(H,28,32)(H,29,34). The molecule has 34 heavy (non-hydrogen) atoms. The molecule has 9 heteroatoms. The molecule has 4 rings (SSSR count). The first-order valence-corrected chi connectivity index (χ1v) is 11.8. The fourth-order valence-corrected chi connectivity index (χ4v) is 4.64. The number of hydrogen-bond acceptors (Lipinski definition) is 5. The highest BCUT2D eigenvalue weighted by Crippen LogP contribution is 2.22. The van der Waals surface area contributed by atoms with Gasteiger partial charge in [0.1, 0.15) is 0 Å². The Kier molecular flexibility index (Phi) is 7.42. The Bertz CT molecular complexity index is 1020. The summed E-state index contributed by atoms with van der Waals surface area (Å²) in [5.74, 6) is -0.677. The van der Waals surface area contributed by atoms with Crippen LogP contribution < -0.4 is 16.4 Å². The minimum Gasteiger partial charge on any atom is -0.350 e. The van der Waals surface area contributed by atoms with E-state index in [-0.39, 0.29) is 23.9 Å². The SMILES string of the molecule is Cc1cccc(NC(=O)N2CCCN(C(=O)c3cccnc3)C2C(=O)NC2CCC(N)CC2)c1. The zero-order valence-electron chi connectivity index (χ0n) is 19.4. The van der Waals surface area contributed by atoms with E-state index in [0.29, 0.717) is 30.8 Å². The number of pyridine rings is 1. The number of benzene rings is 1. The molecule has 1 saturated carbocycles. The van der Waals surface area contributed by atoms with Gasteiger partial charge in [-0.3, -0.25) is 19.5 Å². The summed E-state index contributed by atoms with van der Waals surface area (Å²) in [6.45, 7) is 2.68. The molecule has 0 spiro atoms. The maximum atomic E-state index is 13.5. The summed E-state index contributed by atoms with van der Waals surface area (Å²) >= 11 is 0. The van der Waals surface area contributed by atoms with Gasteiger partial charge < -0.3 is 21.3 Å². The molecule has 2 heterocycles. The van der Waals surface area contributed by atoms with Gasteiger partial charge in [0.2, 0.25) is 0 Å². The largest absolute Gasteiger partial charge is 0.350 e. The quantitative estimate of drug-likeness (QED) is 0.642. The molecule has 1 aromatic carbocycles. The molecule has 1 atom stereocenters. The van der Waals surface area contributed by atoms with Crippen LogP contribution in [0.4, 0.5) is 10.5 Å². The second kappa shape index (κ2) is 10.6. The fourth-order valence-electron chi connectivity index (χ4n) is 4.64. The van der Waals surface area contributed by atoms with E-state index in [0.717, 1.165) is 31.2 Å². The minimum absolute atomic E-state index is 0.0220. The number of aryl methyl sites for hydroxylation is 1. The third kappa shape index (κ3) is 5.53. The summed E-state index contributed by atoms with van der Waals surface area (Å²) in [5.41, 5.74) is 8.04. The van der Waals surface area contributed by atoms with Crippen molar-refractivity contribution in [1.29, 1.82) is 0 Å². The van der Waals surface area contributed by atoms with Crippen molar-refractivity contribution in [3.8, 4) is 0 Å². The number of nitrogens with one attached hydrogen (secondary N) is 2. The van der Waals surface area contributed by atoms with Crippen molar-refractivity contribution in [2.45, 2.75) is 57.3 Å². The van der Waals surface area contributed by atoms with Crippen LogP contribution in [0.1, 0.15) is 48.0 Å².